The third kappa shape index (κ3) is 4.63. The summed E-state index contributed by atoms with van der Waals surface area (Å²) in [4.78, 5) is 35.4. The SMILES string of the molecule is CC1CCC(C(=O)N(Cc2cnccn2)c2nn(-c3ccccc3)cc2C(=O)O)CC1. The number of hydrogen-bond acceptors (Lipinski definition) is 5. The molecule has 0 bridgehead atoms. The predicted molar refractivity (Wildman–Crippen MR) is 115 cm³/mol. The Morgan fingerprint density at radius 1 is 1.13 bits per heavy atom. The van der Waals surface area contributed by atoms with Gasteiger partial charge in [0.05, 0.1) is 24.1 Å². The van der Waals surface area contributed by atoms with Crippen LogP contribution in [0.3, 0.4) is 0 Å². The first-order chi connectivity index (χ1) is 15.0. The van der Waals surface area contributed by atoms with Gasteiger partial charge in [0.2, 0.25) is 5.91 Å². The van der Waals surface area contributed by atoms with E-state index in [9.17, 15) is 14.7 Å². The van der Waals surface area contributed by atoms with Crippen molar-refractivity contribution in [1.82, 2.24) is 19.7 Å². The molecule has 31 heavy (non-hydrogen) atoms. The highest BCUT2D eigenvalue weighted by atomic mass is 16.4. The van der Waals surface area contributed by atoms with E-state index in [2.05, 4.69) is 22.0 Å². The van der Waals surface area contributed by atoms with Crippen molar-refractivity contribution < 1.29 is 14.7 Å². The molecule has 0 spiro atoms. The zero-order chi connectivity index (χ0) is 21.8. The van der Waals surface area contributed by atoms with Gasteiger partial charge in [-0.2, -0.15) is 0 Å². The number of hydrogen-bond donors (Lipinski definition) is 1. The molecule has 0 unspecified atom stereocenters. The number of aromatic nitrogens is 4. The Kier molecular flexibility index (Phi) is 6.06. The van der Waals surface area contributed by atoms with E-state index in [0.717, 1.165) is 31.4 Å². The maximum absolute atomic E-state index is 13.6. The molecule has 1 N–H and O–H groups in total. The molecule has 1 saturated carbocycles. The van der Waals surface area contributed by atoms with Gasteiger partial charge < -0.3 is 5.11 Å². The number of para-hydroxylation sites is 1. The molecule has 160 valence electrons. The quantitative estimate of drug-likeness (QED) is 0.653. The molecule has 8 nitrogen and oxygen atoms in total. The molecule has 1 aliphatic carbocycles. The van der Waals surface area contributed by atoms with Crippen molar-refractivity contribution in [2.24, 2.45) is 11.8 Å². The number of anilines is 1. The van der Waals surface area contributed by atoms with E-state index in [4.69, 9.17) is 0 Å². The van der Waals surface area contributed by atoms with Gasteiger partial charge in [-0.25, -0.2) is 9.48 Å². The van der Waals surface area contributed by atoms with Gasteiger partial charge in [0.25, 0.3) is 0 Å². The van der Waals surface area contributed by atoms with Crippen LogP contribution in [0.15, 0.2) is 55.1 Å². The van der Waals surface area contributed by atoms with Crippen molar-refractivity contribution in [3.05, 3.63) is 66.4 Å². The van der Waals surface area contributed by atoms with Crippen LogP contribution in [-0.2, 0) is 11.3 Å². The number of carbonyl (C=O) groups excluding carboxylic acids is 1. The Labute approximate surface area is 180 Å². The van der Waals surface area contributed by atoms with Gasteiger partial charge in [0, 0.05) is 24.5 Å². The number of nitrogens with zero attached hydrogens (tertiary/aromatic N) is 5. The van der Waals surface area contributed by atoms with Crippen molar-refractivity contribution in [3.8, 4) is 5.69 Å². The zero-order valence-electron chi connectivity index (χ0n) is 17.4. The lowest BCUT2D eigenvalue weighted by molar-refractivity contribution is -0.123. The lowest BCUT2D eigenvalue weighted by atomic mass is 9.82. The Hall–Kier alpha value is -3.55. The van der Waals surface area contributed by atoms with E-state index in [1.54, 1.807) is 18.6 Å². The van der Waals surface area contributed by atoms with Gasteiger partial charge in [-0.3, -0.25) is 19.7 Å². The minimum atomic E-state index is -1.13. The van der Waals surface area contributed by atoms with Crippen molar-refractivity contribution in [2.75, 3.05) is 4.90 Å². The molecule has 1 aromatic carbocycles. The molecule has 8 heteroatoms. The molecule has 4 rings (SSSR count). The summed E-state index contributed by atoms with van der Waals surface area (Å²) in [6.45, 7) is 2.31. The summed E-state index contributed by atoms with van der Waals surface area (Å²) < 4.78 is 1.50. The maximum Gasteiger partial charge on any atom is 0.341 e. The Morgan fingerprint density at radius 3 is 2.52 bits per heavy atom. The topological polar surface area (TPSA) is 101 Å². The van der Waals surface area contributed by atoms with E-state index in [-0.39, 0.29) is 29.8 Å². The summed E-state index contributed by atoms with van der Waals surface area (Å²) in [7, 11) is 0. The van der Waals surface area contributed by atoms with Crippen LogP contribution in [0.4, 0.5) is 5.82 Å². The lowest BCUT2D eigenvalue weighted by Gasteiger charge is -2.30. The minimum Gasteiger partial charge on any atom is -0.477 e. The first-order valence-corrected chi connectivity index (χ1v) is 10.5. The molecule has 0 atom stereocenters. The smallest absolute Gasteiger partial charge is 0.341 e. The average molecular weight is 419 g/mol. The van der Waals surface area contributed by atoms with Crippen LogP contribution in [-0.4, -0.2) is 36.7 Å². The fraction of sp³-hybridized carbons (Fsp3) is 0.348. The number of carbonyl (C=O) groups is 2. The van der Waals surface area contributed by atoms with Crippen molar-refractivity contribution >= 4 is 17.7 Å². The van der Waals surface area contributed by atoms with Gasteiger partial charge in [-0.15, -0.1) is 5.10 Å². The second-order valence-electron chi connectivity index (χ2n) is 8.03. The largest absolute Gasteiger partial charge is 0.477 e. The standard InChI is InChI=1S/C23H25N5O3/c1-16-7-9-17(10-8-16)22(29)27(14-18-13-24-11-12-25-18)21-20(23(30)31)15-28(26-21)19-5-3-2-4-6-19/h2-6,11-13,15-17H,7-10,14H2,1H3,(H,30,31). The highest BCUT2D eigenvalue weighted by Gasteiger charge is 2.33. The second-order valence-corrected chi connectivity index (χ2v) is 8.03. The van der Waals surface area contributed by atoms with Crippen LogP contribution in [0.1, 0.15) is 48.7 Å². The Morgan fingerprint density at radius 2 is 1.87 bits per heavy atom. The van der Waals surface area contributed by atoms with Crippen molar-refractivity contribution in [3.63, 3.8) is 0 Å². The summed E-state index contributed by atoms with van der Waals surface area (Å²) in [6, 6.07) is 9.24. The number of benzene rings is 1. The fourth-order valence-corrected chi connectivity index (χ4v) is 3.99. The fourth-order valence-electron chi connectivity index (χ4n) is 3.99. The second kappa shape index (κ2) is 9.07. The summed E-state index contributed by atoms with van der Waals surface area (Å²) in [5.74, 6) is -0.670. The number of carboxylic acids is 1. The van der Waals surface area contributed by atoms with Crippen molar-refractivity contribution in [1.29, 1.82) is 0 Å². The first kappa shape index (κ1) is 20.7. The molecular formula is C23H25N5O3. The summed E-state index contributed by atoms with van der Waals surface area (Å²) in [5, 5.41) is 14.4. The molecular weight excluding hydrogens is 394 g/mol. The number of carboxylic acid groups (broad SMARTS) is 1. The van der Waals surface area contributed by atoms with Crippen LogP contribution in [0, 0.1) is 11.8 Å². The van der Waals surface area contributed by atoms with Crippen molar-refractivity contribution in [2.45, 2.75) is 39.2 Å². The van der Waals surface area contributed by atoms with E-state index in [0.29, 0.717) is 11.6 Å². The van der Waals surface area contributed by atoms with Crippen LogP contribution < -0.4 is 4.90 Å². The van der Waals surface area contributed by atoms with Gasteiger partial charge >= 0.3 is 5.97 Å². The number of aromatic carboxylic acids is 1. The molecule has 0 saturated heterocycles. The van der Waals surface area contributed by atoms with Crippen LogP contribution >= 0.6 is 0 Å². The van der Waals surface area contributed by atoms with Gasteiger partial charge in [0.1, 0.15) is 5.56 Å². The molecule has 1 amide bonds. The maximum atomic E-state index is 13.6. The van der Waals surface area contributed by atoms with Gasteiger partial charge in [-0.1, -0.05) is 25.1 Å². The molecule has 3 aromatic rings. The zero-order valence-corrected chi connectivity index (χ0v) is 17.4. The van der Waals surface area contributed by atoms with E-state index >= 15 is 0 Å². The van der Waals surface area contributed by atoms with Crippen LogP contribution in [0.25, 0.3) is 5.69 Å². The summed E-state index contributed by atoms with van der Waals surface area (Å²) >= 11 is 0. The van der Waals surface area contributed by atoms with E-state index < -0.39 is 5.97 Å². The van der Waals surface area contributed by atoms with Crippen LogP contribution in [0.2, 0.25) is 0 Å². The normalized spacial score (nSPS) is 18.5. The average Bonchev–Trinajstić information content (AvgIpc) is 3.24. The van der Waals surface area contributed by atoms with E-state index in [1.807, 2.05) is 30.3 Å². The third-order valence-electron chi connectivity index (χ3n) is 5.77. The predicted octanol–water partition coefficient (Wildman–Crippen LogP) is 3.72. The molecule has 1 fully saturated rings. The monoisotopic (exact) mass is 419 g/mol. The molecule has 2 aromatic heterocycles. The summed E-state index contributed by atoms with van der Waals surface area (Å²) in [6.07, 6.45) is 9.70. The summed E-state index contributed by atoms with van der Waals surface area (Å²) in [5.41, 5.74) is 1.27. The number of rotatable bonds is 6. The molecule has 0 aliphatic heterocycles. The minimum absolute atomic E-state index is 0.0229. The van der Waals surface area contributed by atoms with Gasteiger partial charge in [0.15, 0.2) is 5.82 Å². The number of amides is 1. The lowest BCUT2D eigenvalue weighted by Crippen LogP contribution is -2.38. The molecule has 1 aliphatic rings. The highest BCUT2D eigenvalue weighted by molar-refractivity contribution is 6.01. The van der Waals surface area contributed by atoms with Crippen LogP contribution in [0.5, 0.6) is 0 Å². The van der Waals surface area contributed by atoms with E-state index in [1.165, 1.54) is 15.8 Å². The third-order valence-corrected chi connectivity index (χ3v) is 5.77. The Bertz CT molecular complexity index is 1040. The Balaban J connectivity index is 1.74. The van der Waals surface area contributed by atoms with Gasteiger partial charge in [-0.05, 0) is 43.7 Å². The molecule has 2 heterocycles. The molecule has 0 radical (unpaired) electrons. The first-order valence-electron chi connectivity index (χ1n) is 10.5. The highest BCUT2D eigenvalue weighted by Crippen LogP contribution is 2.32.